The number of rotatable bonds is 3. The molecule has 0 aromatic heterocycles. The van der Waals surface area contributed by atoms with Gasteiger partial charge in [0.1, 0.15) is 0 Å². The van der Waals surface area contributed by atoms with E-state index in [9.17, 15) is 9.59 Å². The number of carbonyl (C=O) groups is 2. The molecule has 2 aliphatic heterocycles. The quantitative estimate of drug-likeness (QED) is 0.915. The Morgan fingerprint density at radius 1 is 1.22 bits per heavy atom. The van der Waals surface area contributed by atoms with Crippen LogP contribution in [0.1, 0.15) is 22.8 Å². The molecular formula is C18H24N2O3. The van der Waals surface area contributed by atoms with Crippen LogP contribution in [0.4, 0.5) is 0 Å². The molecule has 2 aliphatic rings. The first-order chi connectivity index (χ1) is 11.1. The van der Waals surface area contributed by atoms with Crippen molar-refractivity contribution in [3.63, 3.8) is 0 Å². The largest absolute Gasteiger partial charge is 0.380 e. The average molecular weight is 316 g/mol. The molecule has 0 aliphatic carbocycles. The van der Waals surface area contributed by atoms with E-state index in [2.05, 4.69) is 12.2 Å². The molecular weight excluding hydrogens is 292 g/mol. The van der Waals surface area contributed by atoms with Gasteiger partial charge >= 0.3 is 0 Å². The number of hydrogen-bond donors (Lipinski definition) is 1. The van der Waals surface area contributed by atoms with Gasteiger partial charge in [0.2, 0.25) is 5.91 Å². The molecule has 0 bridgehead atoms. The zero-order valence-electron chi connectivity index (χ0n) is 13.7. The minimum absolute atomic E-state index is 0.0151. The number of nitrogens with zero attached hydrogens (tertiary/aromatic N) is 1. The lowest BCUT2D eigenvalue weighted by atomic mass is 9.82. The summed E-state index contributed by atoms with van der Waals surface area (Å²) < 4.78 is 5.58. The molecule has 1 aromatic rings. The van der Waals surface area contributed by atoms with Crippen LogP contribution in [0.25, 0.3) is 0 Å². The van der Waals surface area contributed by atoms with Gasteiger partial charge in [0.15, 0.2) is 0 Å². The molecule has 23 heavy (non-hydrogen) atoms. The number of fused-ring (bicyclic) bond motifs is 1. The second-order valence-corrected chi connectivity index (χ2v) is 6.44. The summed E-state index contributed by atoms with van der Waals surface area (Å²) in [5.74, 6) is 0.366. The smallest absolute Gasteiger partial charge is 0.253 e. The molecule has 124 valence electrons. The summed E-state index contributed by atoms with van der Waals surface area (Å²) in [6.07, 6.45) is 0.966. The van der Waals surface area contributed by atoms with E-state index < -0.39 is 0 Å². The van der Waals surface area contributed by atoms with E-state index in [0.29, 0.717) is 26.3 Å². The highest BCUT2D eigenvalue weighted by Gasteiger charge is 2.45. The molecule has 2 amide bonds. The monoisotopic (exact) mass is 316 g/mol. The van der Waals surface area contributed by atoms with Crippen molar-refractivity contribution in [2.24, 2.45) is 17.8 Å². The van der Waals surface area contributed by atoms with Gasteiger partial charge in [0.25, 0.3) is 5.91 Å². The van der Waals surface area contributed by atoms with E-state index >= 15 is 0 Å². The van der Waals surface area contributed by atoms with E-state index in [1.54, 1.807) is 7.05 Å². The van der Waals surface area contributed by atoms with E-state index in [1.165, 1.54) is 5.56 Å². The Bertz CT molecular complexity index is 584. The lowest BCUT2D eigenvalue weighted by molar-refractivity contribution is -0.133. The van der Waals surface area contributed by atoms with Gasteiger partial charge in [-0.3, -0.25) is 9.59 Å². The first kappa shape index (κ1) is 16.0. The van der Waals surface area contributed by atoms with Crippen molar-refractivity contribution in [2.75, 3.05) is 33.4 Å². The van der Waals surface area contributed by atoms with Gasteiger partial charge in [0, 0.05) is 31.6 Å². The van der Waals surface area contributed by atoms with Gasteiger partial charge in [-0.25, -0.2) is 0 Å². The second-order valence-electron chi connectivity index (χ2n) is 6.44. The first-order valence-electron chi connectivity index (χ1n) is 8.31. The minimum atomic E-state index is -0.154. The van der Waals surface area contributed by atoms with Crippen LogP contribution < -0.4 is 5.32 Å². The Morgan fingerprint density at radius 2 is 1.96 bits per heavy atom. The summed E-state index contributed by atoms with van der Waals surface area (Å²) in [6, 6.07) is 7.81. The Morgan fingerprint density at radius 3 is 2.61 bits per heavy atom. The Labute approximate surface area is 137 Å². The number of aryl methyl sites for hydroxylation is 1. The second kappa shape index (κ2) is 6.71. The van der Waals surface area contributed by atoms with Crippen LogP contribution in [0.15, 0.2) is 24.3 Å². The normalized spacial score (nSPS) is 26.7. The van der Waals surface area contributed by atoms with Gasteiger partial charge < -0.3 is 15.0 Å². The van der Waals surface area contributed by atoms with Crippen molar-refractivity contribution in [3.8, 4) is 0 Å². The summed E-state index contributed by atoms with van der Waals surface area (Å²) in [7, 11) is 1.65. The fraction of sp³-hybridized carbons (Fsp3) is 0.556. The van der Waals surface area contributed by atoms with E-state index in [4.69, 9.17) is 4.74 Å². The third-order valence-electron chi connectivity index (χ3n) is 5.12. The summed E-state index contributed by atoms with van der Waals surface area (Å²) in [5, 5.41) is 2.71. The van der Waals surface area contributed by atoms with Gasteiger partial charge in [-0.15, -0.1) is 0 Å². The Balaban J connectivity index is 1.72. The number of ether oxygens (including phenoxy) is 1. The lowest BCUT2D eigenvalue weighted by Gasteiger charge is -2.31. The van der Waals surface area contributed by atoms with Crippen molar-refractivity contribution < 1.29 is 14.3 Å². The van der Waals surface area contributed by atoms with Crippen LogP contribution >= 0.6 is 0 Å². The predicted molar refractivity (Wildman–Crippen MR) is 87.1 cm³/mol. The van der Waals surface area contributed by atoms with Crippen LogP contribution in [0.5, 0.6) is 0 Å². The Hall–Kier alpha value is -1.88. The van der Waals surface area contributed by atoms with Crippen molar-refractivity contribution in [2.45, 2.75) is 13.3 Å². The highest BCUT2D eigenvalue weighted by molar-refractivity contribution is 5.94. The molecule has 3 atom stereocenters. The molecule has 0 radical (unpaired) electrons. The maximum Gasteiger partial charge on any atom is 0.253 e. The molecule has 1 aromatic carbocycles. The van der Waals surface area contributed by atoms with Gasteiger partial charge in [-0.1, -0.05) is 19.1 Å². The fourth-order valence-electron chi connectivity index (χ4n) is 3.69. The maximum absolute atomic E-state index is 12.7. The highest BCUT2D eigenvalue weighted by atomic mass is 16.5. The number of nitrogens with one attached hydrogen (secondary N) is 1. The highest BCUT2D eigenvalue weighted by Crippen LogP contribution is 2.34. The topological polar surface area (TPSA) is 58.6 Å². The van der Waals surface area contributed by atoms with Gasteiger partial charge in [-0.05, 0) is 30.0 Å². The maximum atomic E-state index is 12.7. The predicted octanol–water partition coefficient (Wildman–Crippen LogP) is 1.33. The molecule has 0 spiro atoms. The molecule has 0 unspecified atom stereocenters. The molecule has 2 saturated heterocycles. The molecule has 2 heterocycles. The van der Waals surface area contributed by atoms with E-state index in [1.807, 2.05) is 29.2 Å². The SMILES string of the molecule is CCc1ccc(C(=O)N2C[C@@H]3COC[C@@H](C(=O)NC)[C@@H]3C2)cc1. The minimum Gasteiger partial charge on any atom is -0.380 e. The third-order valence-corrected chi connectivity index (χ3v) is 5.12. The van der Waals surface area contributed by atoms with Crippen molar-refractivity contribution in [3.05, 3.63) is 35.4 Å². The lowest BCUT2D eigenvalue weighted by Crippen LogP contribution is -2.43. The zero-order chi connectivity index (χ0) is 16.4. The van der Waals surface area contributed by atoms with E-state index in [-0.39, 0.29) is 29.6 Å². The van der Waals surface area contributed by atoms with Gasteiger partial charge in [0.05, 0.1) is 19.1 Å². The molecule has 2 fully saturated rings. The molecule has 5 nitrogen and oxygen atoms in total. The summed E-state index contributed by atoms with van der Waals surface area (Å²) in [5.41, 5.74) is 1.95. The van der Waals surface area contributed by atoms with E-state index in [0.717, 1.165) is 12.0 Å². The van der Waals surface area contributed by atoms with Crippen LogP contribution in [0, 0.1) is 17.8 Å². The first-order valence-corrected chi connectivity index (χ1v) is 8.31. The number of carbonyl (C=O) groups excluding carboxylic acids is 2. The molecule has 0 saturated carbocycles. The number of likely N-dealkylation sites (tertiary alicyclic amines) is 1. The number of amides is 2. The summed E-state index contributed by atoms with van der Waals surface area (Å²) >= 11 is 0. The van der Waals surface area contributed by atoms with Crippen molar-refractivity contribution in [1.82, 2.24) is 10.2 Å². The zero-order valence-corrected chi connectivity index (χ0v) is 13.7. The fourth-order valence-corrected chi connectivity index (χ4v) is 3.69. The van der Waals surface area contributed by atoms with Crippen LogP contribution in [0.2, 0.25) is 0 Å². The number of benzene rings is 1. The number of hydrogen-bond acceptors (Lipinski definition) is 3. The molecule has 5 heteroatoms. The summed E-state index contributed by atoms with van der Waals surface area (Å²) in [6.45, 7) is 4.50. The van der Waals surface area contributed by atoms with Crippen molar-refractivity contribution in [1.29, 1.82) is 0 Å². The molecule has 1 N–H and O–H groups in total. The standard InChI is InChI=1S/C18H24N2O3/c1-3-12-4-6-13(7-5-12)18(22)20-8-14-10-23-11-16(15(14)9-20)17(21)19-2/h4-7,14-16H,3,8-11H2,1-2H3,(H,19,21)/t14-,15-,16-/m1/s1. The van der Waals surface area contributed by atoms with Crippen LogP contribution in [-0.2, 0) is 16.0 Å². The summed E-state index contributed by atoms with van der Waals surface area (Å²) in [4.78, 5) is 26.6. The van der Waals surface area contributed by atoms with Crippen LogP contribution in [0.3, 0.4) is 0 Å². The third kappa shape index (κ3) is 3.11. The van der Waals surface area contributed by atoms with Gasteiger partial charge in [-0.2, -0.15) is 0 Å². The van der Waals surface area contributed by atoms with Crippen molar-refractivity contribution >= 4 is 11.8 Å². The average Bonchev–Trinajstić information content (AvgIpc) is 3.04. The van der Waals surface area contributed by atoms with Crippen LogP contribution in [-0.4, -0.2) is 50.1 Å². The Kier molecular flexibility index (Phi) is 4.66. The molecule has 3 rings (SSSR count).